The molecule has 4 aromatic rings. The van der Waals surface area contributed by atoms with Crippen molar-refractivity contribution in [1.29, 1.82) is 0 Å². The van der Waals surface area contributed by atoms with Crippen LogP contribution in [-0.2, 0) is 6.42 Å². The molecule has 2 aromatic heterocycles. The van der Waals surface area contributed by atoms with E-state index in [0.717, 1.165) is 39.9 Å². The summed E-state index contributed by atoms with van der Waals surface area (Å²) in [6.07, 6.45) is 2.54. The lowest BCUT2D eigenvalue weighted by Gasteiger charge is -2.13. The summed E-state index contributed by atoms with van der Waals surface area (Å²) >= 11 is 0. The average Bonchev–Trinajstić information content (AvgIpc) is 3.27. The van der Waals surface area contributed by atoms with E-state index in [-0.39, 0.29) is 0 Å². The number of pyridine rings is 1. The van der Waals surface area contributed by atoms with Crippen LogP contribution >= 0.6 is 0 Å². The molecule has 0 fully saturated rings. The van der Waals surface area contributed by atoms with Crippen molar-refractivity contribution in [3.8, 4) is 45.4 Å². The van der Waals surface area contributed by atoms with Gasteiger partial charge in [-0.25, -0.2) is 0 Å². The molecule has 0 bridgehead atoms. The van der Waals surface area contributed by atoms with E-state index in [1.165, 1.54) is 0 Å². The third kappa shape index (κ3) is 3.83. The Morgan fingerprint density at radius 1 is 0.812 bits per heavy atom. The second kappa shape index (κ2) is 9.20. The molecule has 7 nitrogen and oxygen atoms in total. The molecule has 0 aliphatic rings. The molecule has 0 spiro atoms. The predicted octanol–water partition coefficient (Wildman–Crippen LogP) is 4.70. The van der Waals surface area contributed by atoms with Gasteiger partial charge < -0.3 is 29.1 Å². The molecule has 32 heavy (non-hydrogen) atoms. The highest BCUT2D eigenvalue weighted by Crippen LogP contribution is 2.43. The van der Waals surface area contributed by atoms with E-state index in [2.05, 4.69) is 11.1 Å². The molecule has 0 saturated heterocycles. The SMILES string of the molecule is COc1ccc(CCN)cc1-c1ccnc2cc(-c3cc(OC)c(OC)c(OC)c3)oc12. The number of hydrogen-bond donors (Lipinski definition) is 1. The van der Waals surface area contributed by atoms with Gasteiger partial charge in [-0.05, 0) is 48.9 Å². The number of ether oxygens (including phenoxy) is 4. The molecule has 2 N–H and O–H groups in total. The van der Waals surface area contributed by atoms with Gasteiger partial charge in [-0.15, -0.1) is 0 Å². The number of methoxy groups -OCH3 is 4. The molecular weight excluding hydrogens is 408 g/mol. The van der Waals surface area contributed by atoms with Crippen LogP contribution in [0.5, 0.6) is 23.0 Å². The Labute approximate surface area is 186 Å². The summed E-state index contributed by atoms with van der Waals surface area (Å²) in [5.74, 6) is 3.01. The van der Waals surface area contributed by atoms with Gasteiger partial charge in [0.15, 0.2) is 17.1 Å². The monoisotopic (exact) mass is 434 g/mol. The number of furan rings is 1. The lowest BCUT2D eigenvalue weighted by atomic mass is 10.0. The second-order valence-electron chi connectivity index (χ2n) is 7.17. The highest BCUT2D eigenvalue weighted by atomic mass is 16.5. The van der Waals surface area contributed by atoms with Gasteiger partial charge in [-0.2, -0.15) is 0 Å². The van der Waals surface area contributed by atoms with Gasteiger partial charge in [0, 0.05) is 29.0 Å². The Morgan fingerprint density at radius 3 is 2.16 bits per heavy atom. The summed E-state index contributed by atoms with van der Waals surface area (Å²) in [7, 11) is 6.40. The Hall–Kier alpha value is -3.71. The number of nitrogens with zero attached hydrogens (tertiary/aromatic N) is 1. The average molecular weight is 434 g/mol. The van der Waals surface area contributed by atoms with Crippen molar-refractivity contribution >= 4 is 11.1 Å². The zero-order chi connectivity index (χ0) is 22.7. The Bertz CT molecular complexity index is 1220. The fourth-order valence-electron chi connectivity index (χ4n) is 3.80. The third-order valence-electron chi connectivity index (χ3n) is 5.35. The first kappa shape index (κ1) is 21.5. The van der Waals surface area contributed by atoms with Crippen LogP contribution in [0, 0.1) is 0 Å². The van der Waals surface area contributed by atoms with Crippen LogP contribution in [0.4, 0.5) is 0 Å². The third-order valence-corrected chi connectivity index (χ3v) is 5.35. The van der Waals surface area contributed by atoms with E-state index in [0.29, 0.717) is 35.1 Å². The zero-order valence-electron chi connectivity index (χ0n) is 18.6. The summed E-state index contributed by atoms with van der Waals surface area (Å²) in [6.45, 7) is 0.573. The molecule has 0 aliphatic carbocycles. The molecule has 0 saturated carbocycles. The Balaban J connectivity index is 1.88. The minimum atomic E-state index is 0.523. The summed E-state index contributed by atoms with van der Waals surface area (Å²) in [4.78, 5) is 4.50. The van der Waals surface area contributed by atoms with Crippen LogP contribution in [0.25, 0.3) is 33.6 Å². The maximum atomic E-state index is 6.32. The van der Waals surface area contributed by atoms with E-state index in [9.17, 15) is 0 Å². The molecule has 4 rings (SSSR count). The molecular formula is C25H26N2O5. The number of rotatable bonds is 8. The number of benzene rings is 2. The normalized spacial score (nSPS) is 10.9. The first-order valence-corrected chi connectivity index (χ1v) is 10.2. The van der Waals surface area contributed by atoms with E-state index in [1.54, 1.807) is 34.6 Å². The quantitative estimate of drug-likeness (QED) is 0.430. The van der Waals surface area contributed by atoms with Crippen molar-refractivity contribution in [3.63, 3.8) is 0 Å². The van der Waals surface area contributed by atoms with Crippen molar-refractivity contribution in [2.75, 3.05) is 35.0 Å². The van der Waals surface area contributed by atoms with Crippen LogP contribution in [0.15, 0.2) is 53.1 Å². The molecule has 7 heteroatoms. The highest BCUT2D eigenvalue weighted by Gasteiger charge is 2.19. The van der Waals surface area contributed by atoms with Gasteiger partial charge in [-0.1, -0.05) is 6.07 Å². The van der Waals surface area contributed by atoms with Gasteiger partial charge in [-0.3, -0.25) is 4.98 Å². The number of fused-ring (bicyclic) bond motifs is 1. The minimum absolute atomic E-state index is 0.523. The maximum Gasteiger partial charge on any atom is 0.203 e. The van der Waals surface area contributed by atoms with Crippen molar-refractivity contribution in [3.05, 3.63) is 54.2 Å². The van der Waals surface area contributed by atoms with Crippen LogP contribution in [0.1, 0.15) is 5.56 Å². The fourth-order valence-corrected chi connectivity index (χ4v) is 3.80. The van der Waals surface area contributed by atoms with Gasteiger partial charge in [0.25, 0.3) is 0 Å². The van der Waals surface area contributed by atoms with Gasteiger partial charge in [0.1, 0.15) is 17.0 Å². The molecule has 2 aromatic carbocycles. The lowest BCUT2D eigenvalue weighted by molar-refractivity contribution is 0.324. The Morgan fingerprint density at radius 2 is 1.53 bits per heavy atom. The van der Waals surface area contributed by atoms with Crippen LogP contribution < -0.4 is 24.7 Å². The predicted molar refractivity (Wildman–Crippen MR) is 124 cm³/mol. The van der Waals surface area contributed by atoms with Crippen LogP contribution in [-0.4, -0.2) is 40.0 Å². The summed E-state index contributed by atoms with van der Waals surface area (Å²) < 4.78 is 28.3. The maximum absolute atomic E-state index is 6.32. The first-order valence-electron chi connectivity index (χ1n) is 10.2. The fraction of sp³-hybridized carbons (Fsp3) is 0.240. The Kier molecular flexibility index (Phi) is 6.18. The number of nitrogens with two attached hydrogens (primary N) is 1. The highest BCUT2D eigenvalue weighted by molar-refractivity contribution is 5.94. The van der Waals surface area contributed by atoms with Crippen molar-refractivity contribution in [2.45, 2.75) is 6.42 Å². The van der Waals surface area contributed by atoms with E-state index in [4.69, 9.17) is 29.1 Å². The molecule has 0 atom stereocenters. The van der Waals surface area contributed by atoms with Crippen molar-refractivity contribution < 1.29 is 23.4 Å². The molecule has 0 unspecified atom stereocenters. The molecule has 0 aliphatic heterocycles. The zero-order valence-corrected chi connectivity index (χ0v) is 18.6. The first-order chi connectivity index (χ1) is 15.6. The summed E-state index contributed by atoms with van der Waals surface area (Å²) in [6, 6.07) is 13.6. The van der Waals surface area contributed by atoms with E-state index >= 15 is 0 Å². The van der Waals surface area contributed by atoms with Crippen molar-refractivity contribution in [1.82, 2.24) is 4.98 Å². The molecule has 166 valence electrons. The number of aromatic nitrogens is 1. The summed E-state index contributed by atoms with van der Waals surface area (Å²) in [5, 5.41) is 0. The largest absolute Gasteiger partial charge is 0.496 e. The molecule has 0 amide bonds. The van der Waals surface area contributed by atoms with Crippen LogP contribution in [0.2, 0.25) is 0 Å². The standard InChI is InChI=1S/C25H26N2O5/c1-28-20-6-5-15(7-9-26)11-18(20)17-8-10-27-19-14-21(32-24(17)19)16-12-22(29-2)25(31-4)23(13-16)30-3/h5-6,8,10-14H,7,9,26H2,1-4H3. The smallest absolute Gasteiger partial charge is 0.203 e. The second-order valence-corrected chi connectivity index (χ2v) is 7.17. The molecule has 0 radical (unpaired) electrons. The minimum Gasteiger partial charge on any atom is -0.496 e. The summed E-state index contributed by atoms with van der Waals surface area (Å²) in [5.41, 5.74) is 10.9. The van der Waals surface area contributed by atoms with E-state index in [1.807, 2.05) is 36.4 Å². The van der Waals surface area contributed by atoms with Gasteiger partial charge >= 0.3 is 0 Å². The topological polar surface area (TPSA) is 89.0 Å². The lowest BCUT2D eigenvalue weighted by Crippen LogP contribution is -2.03. The number of hydrogen-bond acceptors (Lipinski definition) is 7. The van der Waals surface area contributed by atoms with Crippen LogP contribution in [0.3, 0.4) is 0 Å². The molecule has 2 heterocycles. The van der Waals surface area contributed by atoms with Gasteiger partial charge in [0.05, 0.1) is 28.4 Å². The van der Waals surface area contributed by atoms with Crippen molar-refractivity contribution in [2.24, 2.45) is 5.73 Å². The van der Waals surface area contributed by atoms with Gasteiger partial charge in [0.2, 0.25) is 5.75 Å². The van der Waals surface area contributed by atoms with E-state index < -0.39 is 0 Å².